The zero-order valence-electron chi connectivity index (χ0n) is 18.0. The van der Waals surface area contributed by atoms with Crippen LogP contribution in [0.3, 0.4) is 0 Å². The molecule has 0 unspecified atom stereocenters. The van der Waals surface area contributed by atoms with E-state index in [-0.39, 0.29) is 24.6 Å². The Balaban J connectivity index is 1.74. The molecule has 0 fully saturated rings. The summed E-state index contributed by atoms with van der Waals surface area (Å²) in [6.07, 6.45) is 0. The van der Waals surface area contributed by atoms with Gasteiger partial charge in [0, 0.05) is 16.8 Å². The van der Waals surface area contributed by atoms with E-state index in [0.717, 1.165) is 0 Å². The molecule has 3 rings (SSSR count). The maximum atomic E-state index is 13.1. The van der Waals surface area contributed by atoms with Crippen molar-refractivity contribution < 1.29 is 23.9 Å². The van der Waals surface area contributed by atoms with E-state index in [1.54, 1.807) is 55.5 Å². The fourth-order valence-corrected chi connectivity index (χ4v) is 3.00. The number of nitrogens with zero attached hydrogens (tertiary/aromatic N) is 1. The summed E-state index contributed by atoms with van der Waals surface area (Å²) in [7, 11) is 0. The molecule has 0 aliphatic heterocycles. The van der Waals surface area contributed by atoms with Crippen molar-refractivity contribution in [2.45, 2.75) is 6.92 Å². The van der Waals surface area contributed by atoms with Gasteiger partial charge in [-0.1, -0.05) is 18.2 Å². The maximum absolute atomic E-state index is 13.1. The van der Waals surface area contributed by atoms with Crippen molar-refractivity contribution >= 4 is 29.4 Å². The average molecular weight is 445 g/mol. The van der Waals surface area contributed by atoms with Gasteiger partial charge in [-0.2, -0.15) is 0 Å². The number of rotatable bonds is 8. The van der Waals surface area contributed by atoms with Crippen LogP contribution in [0.5, 0.6) is 5.75 Å². The Morgan fingerprint density at radius 3 is 2.00 bits per heavy atom. The second-order valence-electron chi connectivity index (χ2n) is 6.94. The fraction of sp³-hybridized carbons (Fsp3) is 0.120. The quantitative estimate of drug-likeness (QED) is 0.237. The third-order valence-corrected chi connectivity index (χ3v) is 4.65. The summed E-state index contributed by atoms with van der Waals surface area (Å²) in [5.41, 5.74) is 7.03. The molecule has 8 nitrogen and oxygen atoms in total. The Hall–Kier alpha value is -4.46. The van der Waals surface area contributed by atoms with Crippen LogP contribution in [0.15, 0.2) is 78.9 Å². The third-order valence-electron chi connectivity index (χ3n) is 4.65. The van der Waals surface area contributed by atoms with Crippen LogP contribution in [0, 0.1) is 5.41 Å². The van der Waals surface area contributed by atoms with E-state index in [4.69, 9.17) is 20.6 Å². The number of carbonyl (C=O) groups is 3. The lowest BCUT2D eigenvalue weighted by molar-refractivity contribution is -0.141. The highest BCUT2D eigenvalue weighted by molar-refractivity contribution is 6.08. The molecule has 1 amide bonds. The number of nitrogens with one attached hydrogen (secondary N) is 1. The van der Waals surface area contributed by atoms with E-state index in [1.807, 2.05) is 6.07 Å². The van der Waals surface area contributed by atoms with Crippen LogP contribution in [-0.4, -0.2) is 36.8 Å². The molecule has 8 heteroatoms. The Morgan fingerprint density at radius 2 is 1.42 bits per heavy atom. The number of anilines is 1. The minimum Gasteiger partial charge on any atom is -0.465 e. The molecule has 0 heterocycles. The van der Waals surface area contributed by atoms with Gasteiger partial charge in [0.2, 0.25) is 0 Å². The smallest absolute Gasteiger partial charge is 0.343 e. The number of hydrogen-bond acceptors (Lipinski definition) is 6. The van der Waals surface area contributed by atoms with Crippen LogP contribution in [0.2, 0.25) is 0 Å². The molecule has 0 spiro atoms. The molecule has 0 aliphatic carbocycles. The maximum Gasteiger partial charge on any atom is 0.343 e. The van der Waals surface area contributed by atoms with Gasteiger partial charge in [0.1, 0.15) is 18.1 Å². The first kappa shape index (κ1) is 23.2. The largest absolute Gasteiger partial charge is 0.465 e. The van der Waals surface area contributed by atoms with Crippen molar-refractivity contribution in [3.05, 3.63) is 95.6 Å². The summed E-state index contributed by atoms with van der Waals surface area (Å²) in [6, 6.07) is 21.0. The second-order valence-corrected chi connectivity index (χ2v) is 6.94. The first-order chi connectivity index (χ1) is 15.9. The van der Waals surface area contributed by atoms with Crippen LogP contribution >= 0.6 is 0 Å². The van der Waals surface area contributed by atoms with Crippen molar-refractivity contribution in [3.8, 4) is 5.75 Å². The molecule has 0 aromatic heterocycles. The number of benzene rings is 3. The lowest BCUT2D eigenvalue weighted by Gasteiger charge is -2.22. The molecule has 168 valence electrons. The van der Waals surface area contributed by atoms with Crippen molar-refractivity contribution in [2.24, 2.45) is 5.73 Å². The number of amides is 1. The van der Waals surface area contributed by atoms with Gasteiger partial charge in [0.05, 0.1) is 12.2 Å². The highest BCUT2D eigenvalue weighted by Crippen LogP contribution is 2.19. The summed E-state index contributed by atoms with van der Waals surface area (Å²) in [5.74, 6) is -1.31. The minimum atomic E-state index is -0.601. The molecular formula is C25H23N3O5. The predicted molar refractivity (Wildman–Crippen MR) is 124 cm³/mol. The second kappa shape index (κ2) is 10.7. The molecule has 33 heavy (non-hydrogen) atoms. The SMILES string of the molecule is CCOC(=O)CN(C(=O)c1ccc(C(=O)Oc2ccc(C(=N)N)cc2)cc1)c1ccccc1. The van der Waals surface area contributed by atoms with E-state index in [9.17, 15) is 14.4 Å². The Kier molecular flexibility index (Phi) is 7.54. The Morgan fingerprint density at radius 1 is 0.848 bits per heavy atom. The van der Waals surface area contributed by atoms with Crippen LogP contribution < -0.4 is 15.4 Å². The molecule has 0 aliphatic rings. The van der Waals surface area contributed by atoms with Crippen molar-refractivity contribution in [3.63, 3.8) is 0 Å². The number of amidine groups is 1. The molecule has 0 saturated heterocycles. The molecular weight excluding hydrogens is 422 g/mol. The number of esters is 2. The lowest BCUT2D eigenvalue weighted by Crippen LogP contribution is -2.36. The minimum absolute atomic E-state index is 0.0827. The van der Waals surface area contributed by atoms with E-state index in [1.165, 1.54) is 29.2 Å². The molecule has 0 atom stereocenters. The predicted octanol–water partition coefficient (Wildman–Crippen LogP) is 3.40. The number of nitrogen functional groups attached to an aromatic ring is 1. The van der Waals surface area contributed by atoms with Crippen molar-refractivity contribution in [1.82, 2.24) is 0 Å². The normalized spacial score (nSPS) is 10.2. The van der Waals surface area contributed by atoms with Gasteiger partial charge in [0.25, 0.3) is 5.91 Å². The van der Waals surface area contributed by atoms with Gasteiger partial charge < -0.3 is 15.2 Å². The summed E-state index contributed by atoms with van der Waals surface area (Å²) < 4.78 is 10.3. The number of hydrogen-bond donors (Lipinski definition) is 2. The van der Waals surface area contributed by atoms with E-state index >= 15 is 0 Å². The van der Waals surface area contributed by atoms with E-state index < -0.39 is 17.8 Å². The first-order valence-electron chi connectivity index (χ1n) is 10.2. The van der Waals surface area contributed by atoms with E-state index in [0.29, 0.717) is 22.6 Å². The van der Waals surface area contributed by atoms with Gasteiger partial charge >= 0.3 is 11.9 Å². The van der Waals surface area contributed by atoms with Crippen molar-refractivity contribution in [1.29, 1.82) is 5.41 Å². The highest BCUT2D eigenvalue weighted by Gasteiger charge is 2.22. The van der Waals surface area contributed by atoms with Crippen LogP contribution in [0.1, 0.15) is 33.2 Å². The van der Waals surface area contributed by atoms with Crippen LogP contribution in [0.4, 0.5) is 5.69 Å². The standard InChI is InChI=1S/C25H23N3O5/c1-2-32-22(29)16-28(20-6-4-3-5-7-20)24(30)18-8-10-19(11-9-18)25(31)33-21-14-12-17(13-15-21)23(26)27/h3-15H,2,16H2,1H3,(H3,26,27). The van der Waals surface area contributed by atoms with Crippen LogP contribution in [-0.2, 0) is 9.53 Å². The lowest BCUT2D eigenvalue weighted by atomic mass is 10.1. The van der Waals surface area contributed by atoms with Gasteiger partial charge in [-0.25, -0.2) is 4.79 Å². The third kappa shape index (κ3) is 6.04. The Labute approximate surface area is 191 Å². The molecule has 3 aromatic carbocycles. The van der Waals surface area contributed by atoms with E-state index in [2.05, 4.69) is 0 Å². The molecule has 0 bridgehead atoms. The summed E-state index contributed by atoms with van der Waals surface area (Å²) in [5, 5.41) is 7.39. The Bertz CT molecular complexity index is 1140. The van der Waals surface area contributed by atoms with Gasteiger partial charge in [-0.15, -0.1) is 0 Å². The summed E-state index contributed by atoms with van der Waals surface area (Å²) in [4.78, 5) is 38.9. The van der Waals surface area contributed by atoms with Crippen molar-refractivity contribution in [2.75, 3.05) is 18.1 Å². The molecule has 0 saturated carbocycles. The topological polar surface area (TPSA) is 123 Å². The number of carbonyl (C=O) groups excluding carboxylic acids is 3. The zero-order valence-corrected chi connectivity index (χ0v) is 18.0. The van der Waals surface area contributed by atoms with Crippen LogP contribution in [0.25, 0.3) is 0 Å². The zero-order chi connectivity index (χ0) is 23.8. The number of para-hydroxylation sites is 1. The van der Waals surface area contributed by atoms with Gasteiger partial charge in [-0.3, -0.25) is 19.9 Å². The monoisotopic (exact) mass is 445 g/mol. The number of ether oxygens (including phenoxy) is 2. The van der Waals surface area contributed by atoms with Gasteiger partial charge in [0.15, 0.2) is 0 Å². The fourth-order valence-electron chi connectivity index (χ4n) is 3.00. The highest BCUT2D eigenvalue weighted by atomic mass is 16.5. The van der Waals surface area contributed by atoms with Gasteiger partial charge in [-0.05, 0) is 67.6 Å². The molecule has 3 aromatic rings. The molecule has 0 radical (unpaired) electrons. The first-order valence-corrected chi connectivity index (χ1v) is 10.2. The molecule has 3 N–H and O–H groups in total. The number of nitrogens with two attached hydrogens (primary N) is 1. The summed E-state index contributed by atoms with van der Waals surface area (Å²) in [6.45, 7) is 1.67. The average Bonchev–Trinajstić information content (AvgIpc) is 2.83. The summed E-state index contributed by atoms with van der Waals surface area (Å²) >= 11 is 0.